The molecule has 1 unspecified atom stereocenters. The summed E-state index contributed by atoms with van der Waals surface area (Å²) in [4.78, 5) is 28.7. The average molecular weight is 433 g/mol. The summed E-state index contributed by atoms with van der Waals surface area (Å²) < 4.78 is 18.9. The molecular weight excluding hydrogens is 413 g/mol. The summed E-state index contributed by atoms with van der Waals surface area (Å²) in [5, 5.41) is 8.26. The zero-order valence-electron chi connectivity index (χ0n) is 17.2. The van der Waals surface area contributed by atoms with Gasteiger partial charge in [0.2, 0.25) is 11.8 Å². The van der Waals surface area contributed by atoms with Crippen LogP contribution in [0.1, 0.15) is 12.0 Å². The maximum Gasteiger partial charge on any atom is 0.272 e. The topological polar surface area (TPSA) is 110 Å². The lowest BCUT2D eigenvalue weighted by atomic mass is 10.1. The lowest BCUT2D eigenvalue weighted by Crippen LogP contribution is -2.39. The number of carbonyl (C=O) groups is 2. The predicted molar refractivity (Wildman–Crippen MR) is 118 cm³/mol. The van der Waals surface area contributed by atoms with Crippen molar-refractivity contribution in [2.24, 2.45) is 10.8 Å². The standard InChI is InChI=1S/C23H20FN5O3/c1-14-2-9-18(10-3-14)32-21-11-6-16(13-26-21)27-23(31)19-12-20(22(25)30)29(28-19)17-7-4-15(24)5-8-17/h2-11,13,20H,12H2,1H3,(H2,25,30)(H,27,31). The van der Waals surface area contributed by atoms with Crippen molar-refractivity contribution in [2.45, 2.75) is 19.4 Å². The molecule has 1 aromatic heterocycles. The van der Waals surface area contributed by atoms with Gasteiger partial charge in [-0.25, -0.2) is 9.37 Å². The molecular formula is C23H20FN5O3. The molecule has 2 heterocycles. The van der Waals surface area contributed by atoms with Crippen molar-refractivity contribution in [3.8, 4) is 11.6 Å². The quantitative estimate of drug-likeness (QED) is 0.619. The molecule has 9 heteroatoms. The number of benzene rings is 2. The van der Waals surface area contributed by atoms with E-state index in [1.807, 2.05) is 31.2 Å². The van der Waals surface area contributed by atoms with Crippen molar-refractivity contribution in [1.82, 2.24) is 4.98 Å². The van der Waals surface area contributed by atoms with Crippen LogP contribution in [0.5, 0.6) is 11.6 Å². The summed E-state index contributed by atoms with van der Waals surface area (Å²) in [6.45, 7) is 1.98. The van der Waals surface area contributed by atoms with E-state index >= 15 is 0 Å². The van der Waals surface area contributed by atoms with Gasteiger partial charge < -0.3 is 15.8 Å². The van der Waals surface area contributed by atoms with E-state index < -0.39 is 23.7 Å². The Balaban J connectivity index is 1.44. The largest absolute Gasteiger partial charge is 0.439 e. The molecule has 32 heavy (non-hydrogen) atoms. The highest BCUT2D eigenvalue weighted by molar-refractivity contribution is 6.44. The molecule has 2 amide bonds. The van der Waals surface area contributed by atoms with Crippen LogP contribution in [0.15, 0.2) is 72.0 Å². The molecule has 0 radical (unpaired) electrons. The summed E-state index contributed by atoms with van der Waals surface area (Å²) >= 11 is 0. The Labute approximate surface area is 183 Å². The first-order chi connectivity index (χ1) is 15.4. The Hall–Kier alpha value is -4.27. The number of rotatable bonds is 6. The molecule has 1 aliphatic heterocycles. The number of aromatic nitrogens is 1. The Kier molecular flexibility index (Phi) is 5.80. The highest BCUT2D eigenvalue weighted by atomic mass is 19.1. The number of amides is 2. The Morgan fingerprint density at radius 3 is 2.44 bits per heavy atom. The minimum absolute atomic E-state index is 0.0284. The fraction of sp³-hybridized carbons (Fsp3) is 0.130. The second-order valence-corrected chi connectivity index (χ2v) is 7.24. The van der Waals surface area contributed by atoms with E-state index in [2.05, 4.69) is 15.4 Å². The maximum atomic E-state index is 13.2. The third-order valence-corrected chi connectivity index (χ3v) is 4.83. The van der Waals surface area contributed by atoms with E-state index in [4.69, 9.17) is 10.5 Å². The zero-order valence-corrected chi connectivity index (χ0v) is 17.2. The summed E-state index contributed by atoms with van der Waals surface area (Å²) in [5.74, 6) is -0.525. The first-order valence-electron chi connectivity index (χ1n) is 9.82. The first-order valence-corrected chi connectivity index (χ1v) is 9.82. The predicted octanol–water partition coefficient (Wildman–Crippen LogP) is 3.38. The number of anilines is 2. The molecule has 0 fully saturated rings. The third-order valence-electron chi connectivity index (χ3n) is 4.83. The number of aryl methyl sites for hydroxylation is 1. The van der Waals surface area contributed by atoms with Crippen LogP contribution < -0.4 is 20.8 Å². The molecule has 4 rings (SSSR count). The molecule has 2 aromatic carbocycles. The van der Waals surface area contributed by atoms with E-state index in [-0.39, 0.29) is 12.1 Å². The second-order valence-electron chi connectivity index (χ2n) is 7.24. The van der Waals surface area contributed by atoms with Crippen LogP contribution in [-0.4, -0.2) is 28.6 Å². The molecule has 3 aromatic rings. The lowest BCUT2D eigenvalue weighted by molar-refractivity contribution is -0.119. The molecule has 0 bridgehead atoms. The Bertz CT molecular complexity index is 1160. The van der Waals surface area contributed by atoms with Gasteiger partial charge in [-0.1, -0.05) is 17.7 Å². The molecule has 162 valence electrons. The van der Waals surface area contributed by atoms with Crippen LogP contribution in [0.3, 0.4) is 0 Å². The molecule has 0 saturated carbocycles. The number of halogens is 1. The van der Waals surface area contributed by atoms with Gasteiger partial charge >= 0.3 is 0 Å². The molecule has 0 spiro atoms. The van der Waals surface area contributed by atoms with Crippen molar-refractivity contribution in [3.63, 3.8) is 0 Å². The molecule has 0 saturated heterocycles. The fourth-order valence-electron chi connectivity index (χ4n) is 3.15. The van der Waals surface area contributed by atoms with Gasteiger partial charge in [-0.2, -0.15) is 5.10 Å². The van der Waals surface area contributed by atoms with Crippen LogP contribution in [-0.2, 0) is 9.59 Å². The maximum absolute atomic E-state index is 13.2. The number of nitrogens with two attached hydrogens (primary N) is 1. The van der Waals surface area contributed by atoms with Crippen LogP contribution in [0.25, 0.3) is 0 Å². The Morgan fingerprint density at radius 1 is 1.09 bits per heavy atom. The average Bonchev–Trinajstić information content (AvgIpc) is 3.23. The number of carbonyl (C=O) groups excluding carboxylic acids is 2. The Morgan fingerprint density at radius 2 is 1.81 bits per heavy atom. The monoisotopic (exact) mass is 433 g/mol. The number of hydrogen-bond donors (Lipinski definition) is 2. The minimum atomic E-state index is -0.843. The minimum Gasteiger partial charge on any atom is -0.439 e. The third kappa shape index (κ3) is 4.72. The number of ether oxygens (including phenoxy) is 1. The van der Waals surface area contributed by atoms with Gasteiger partial charge in [0.1, 0.15) is 23.3 Å². The van der Waals surface area contributed by atoms with Crippen LogP contribution in [0.4, 0.5) is 15.8 Å². The highest BCUT2D eigenvalue weighted by Crippen LogP contribution is 2.26. The smallest absolute Gasteiger partial charge is 0.272 e. The van der Waals surface area contributed by atoms with Crippen LogP contribution in [0.2, 0.25) is 0 Å². The first kappa shape index (κ1) is 21.0. The summed E-state index contributed by atoms with van der Waals surface area (Å²) in [6, 6.07) is 15.4. The van der Waals surface area contributed by atoms with Crippen molar-refractivity contribution in [3.05, 3.63) is 78.2 Å². The molecule has 1 atom stereocenters. The summed E-state index contributed by atoms with van der Waals surface area (Å²) in [5.41, 5.74) is 7.61. The van der Waals surface area contributed by atoms with Crippen molar-refractivity contribution >= 4 is 28.9 Å². The van der Waals surface area contributed by atoms with E-state index in [0.717, 1.165) is 5.56 Å². The number of primary amides is 1. The number of pyridine rings is 1. The van der Waals surface area contributed by atoms with Crippen molar-refractivity contribution in [1.29, 1.82) is 0 Å². The van der Waals surface area contributed by atoms with E-state index in [0.29, 0.717) is 23.0 Å². The highest BCUT2D eigenvalue weighted by Gasteiger charge is 2.35. The lowest BCUT2D eigenvalue weighted by Gasteiger charge is -2.20. The van der Waals surface area contributed by atoms with Crippen molar-refractivity contribution < 1.29 is 18.7 Å². The van der Waals surface area contributed by atoms with E-state index in [9.17, 15) is 14.0 Å². The molecule has 1 aliphatic rings. The van der Waals surface area contributed by atoms with Gasteiger partial charge in [-0.3, -0.25) is 14.6 Å². The second kappa shape index (κ2) is 8.84. The van der Waals surface area contributed by atoms with Gasteiger partial charge in [0.25, 0.3) is 5.91 Å². The fourth-order valence-corrected chi connectivity index (χ4v) is 3.15. The van der Waals surface area contributed by atoms with E-state index in [1.165, 1.54) is 35.5 Å². The molecule has 0 aliphatic carbocycles. The van der Waals surface area contributed by atoms with E-state index in [1.54, 1.807) is 12.1 Å². The number of hydrogen-bond acceptors (Lipinski definition) is 6. The normalized spacial score (nSPS) is 15.2. The molecule has 8 nitrogen and oxygen atoms in total. The summed E-state index contributed by atoms with van der Waals surface area (Å²) in [7, 11) is 0. The van der Waals surface area contributed by atoms with Gasteiger partial charge in [0.05, 0.1) is 17.6 Å². The summed E-state index contributed by atoms with van der Waals surface area (Å²) in [6.07, 6.45) is 1.49. The SMILES string of the molecule is Cc1ccc(Oc2ccc(NC(=O)C3=NN(c4ccc(F)cc4)C(C(N)=O)C3)cn2)cc1. The van der Waals surface area contributed by atoms with Gasteiger partial charge in [0.15, 0.2) is 0 Å². The van der Waals surface area contributed by atoms with Crippen molar-refractivity contribution in [2.75, 3.05) is 10.3 Å². The number of nitrogens with zero attached hydrogens (tertiary/aromatic N) is 3. The van der Waals surface area contributed by atoms with Gasteiger partial charge in [-0.05, 0) is 49.4 Å². The number of hydrazone groups is 1. The van der Waals surface area contributed by atoms with Crippen LogP contribution in [0, 0.1) is 12.7 Å². The van der Waals surface area contributed by atoms with Gasteiger partial charge in [0, 0.05) is 12.5 Å². The molecule has 3 N–H and O–H groups in total. The van der Waals surface area contributed by atoms with Gasteiger partial charge in [-0.15, -0.1) is 0 Å². The number of nitrogens with one attached hydrogen (secondary N) is 1. The zero-order chi connectivity index (χ0) is 22.7. The van der Waals surface area contributed by atoms with Crippen LogP contribution >= 0.6 is 0 Å².